The largest absolute Gasteiger partial charge is 0.344 e. The molecule has 21 heavy (non-hydrogen) atoms. The second-order valence-corrected chi connectivity index (χ2v) is 6.11. The Kier molecular flexibility index (Phi) is 4.90. The molecule has 0 spiro atoms. The van der Waals surface area contributed by atoms with Gasteiger partial charge in [-0.25, -0.2) is 9.37 Å². The second-order valence-electron chi connectivity index (χ2n) is 6.11. The summed E-state index contributed by atoms with van der Waals surface area (Å²) in [5.74, 6) is -1.01. The monoisotopic (exact) mass is 294 g/mol. The Labute approximate surface area is 125 Å². The topological polar surface area (TPSA) is 48.5 Å². The van der Waals surface area contributed by atoms with E-state index in [1.165, 1.54) is 18.3 Å². The van der Waals surface area contributed by atoms with Gasteiger partial charge in [-0.3, -0.25) is 4.79 Å². The maximum Gasteiger partial charge on any atom is 0.273 e. The number of likely N-dealkylation sites (N-methyl/N-ethyl adjacent to an activating group) is 1. The molecular weight excluding hydrogens is 271 g/mol. The number of nitrogens with zero attached hydrogens (tertiary/aromatic N) is 3. The second kappa shape index (κ2) is 6.49. The zero-order chi connectivity index (χ0) is 15.5. The highest BCUT2D eigenvalue weighted by Gasteiger charge is 2.36. The summed E-state index contributed by atoms with van der Waals surface area (Å²) in [6.45, 7) is 2.57. The van der Waals surface area contributed by atoms with Crippen LogP contribution in [0.1, 0.15) is 23.3 Å². The molecule has 0 unspecified atom stereocenters. The Balaban J connectivity index is 2.15. The Bertz CT molecular complexity index is 498. The molecule has 2 rings (SSSR count). The fraction of sp³-hybridized carbons (Fsp3) is 0.600. The third-order valence-corrected chi connectivity index (χ3v) is 3.92. The first-order chi connectivity index (χ1) is 9.92. The van der Waals surface area contributed by atoms with E-state index in [9.17, 15) is 9.18 Å². The van der Waals surface area contributed by atoms with Crippen LogP contribution in [-0.4, -0.2) is 67.0 Å². The van der Waals surface area contributed by atoms with Crippen molar-refractivity contribution in [2.75, 3.05) is 40.8 Å². The minimum atomic E-state index is -0.581. The molecule has 1 amide bonds. The first-order valence-corrected chi connectivity index (χ1v) is 7.18. The third kappa shape index (κ3) is 3.98. The van der Waals surface area contributed by atoms with E-state index in [2.05, 4.69) is 27.1 Å². The van der Waals surface area contributed by atoms with E-state index in [0.29, 0.717) is 0 Å². The Hall–Kier alpha value is -1.53. The highest BCUT2D eigenvalue weighted by molar-refractivity contribution is 5.93. The van der Waals surface area contributed by atoms with Crippen LogP contribution in [0.3, 0.4) is 0 Å². The average Bonchev–Trinajstić information content (AvgIpc) is 2.42. The molecular formula is C15H23FN4O. The van der Waals surface area contributed by atoms with Crippen molar-refractivity contribution in [1.29, 1.82) is 0 Å². The Morgan fingerprint density at radius 1 is 1.48 bits per heavy atom. The molecule has 116 valence electrons. The summed E-state index contributed by atoms with van der Waals surface area (Å²) >= 11 is 0. The molecule has 1 saturated heterocycles. The molecule has 0 radical (unpaired) electrons. The molecule has 0 bridgehead atoms. The van der Waals surface area contributed by atoms with E-state index in [1.807, 2.05) is 14.1 Å². The van der Waals surface area contributed by atoms with Crippen molar-refractivity contribution in [3.63, 3.8) is 0 Å². The smallest absolute Gasteiger partial charge is 0.273 e. The first kappa shape index (κ1) is 15.9. The number of piperidine rings is 1. The molecule has 1 aromatic heterocycles. The van der Waals surface area contributed by atoms with Crippen molar-refractivity contribution < 1.29 is 9.18 Å². The van der Waals surface area contributed by atoms with E-state index >= 15 is 0 Å². The summed E-state index contributed by atoms with van der Waals surface area (Å²) in [6.07, 6.45) is 3.13. The van der Waals surface area contributed by atoms with Gasteiger partial charge in [0.05, 0.1) is 5.54 Å². The van der Waals surface area contributed by atoms with Gasteiger partial charge >= 0.3 is 0 Å². The van der Waals surface area contributed by atoms with Crippen LogP contribution >= 0.6 is 0 Å². The van der Waals surface area contributed by atoms with Gasteiger partial charge in [0, 0.05) is 25.8 Å². The number of aromatic nitrogens is 1. The van der Waals surface area contributed by atoms with Gasteiger partial charge in [0.25, 0.3) is 5.91 Å². The fourth-order valence-corrected chi connectivity index (χ4v) is 2.83. The van der Waals surface area contributed by atoms with Gasteiger partial charge in [-0.05, 0) is 46.1 Å². The molecule has 0 saturated carbocycles. The molecule has 1 aliphatic heterocycles. The molecule has 1 fully saturated rings. The van der Waals surface area contributed by atoms with Crippen LogP contribution in [-0.2, 0) is 0 Å². The molecule has 0 aromatic carbocycles. The highest BCUT2D eigenvalue weighted by atomic mass is 19.1. The lowest BCUT2D eigenvalue weighted by atomic mass is 9.86. The summed E-state index contributed by atoms with van der Waals surface area (Å²) in [4.78, 5) is 20.5. The lowest BCUT2D eigenvalue weighted by molar-refractivity contribution is 0.0770. The minimum absolute atomic E-state index is 0.130. The number of halogens is 1. The number of hydrogen-bond donors (Lipinski definition) is 1. The molecule has 2 heterocycles. The molecule has 0 atom stereocenters. The summed E-state index contributed by atoms with van der Waals surface area (Å²) < 4.78 is 13.7. The Morgan fingerprint density at radius 3 is 2.71 bits per heavy atom. The summed E-state index contributed by atoms with van der Waals surface area (Å²) in [5.41, 5.74) is -0.452. The summed E-state index contributed by atoms with van der Waals surface area (Å²) in [7, 11) is 6.03. The number of carbonyl (C=O) groups is 1. The van der Waals surface area contributed by atoms with Crippen LogP contribution in [0.5, 0.6) is 0 Å². The number of likely N-dealkylation sites (tertiary alicyclic amines) is 1. The number of pyridine rings is 1. The normalized spacial score (nSPS) is 18.7. The van der Waals surface area contributed by atoms with Gasteiger partial charge in [-0.15, -0.1) is 0 Å². The van der Waals surface area contributed by atoms with E-state index in [4.69, 9.17) is 0 Å². The lowest BCUT2D eigenvalue weighted by Crippen LogP contribution is -2.59. The third-order valence-electron chi connectivity index (χ3n) is 3.92. The number of nitrogens with one attached hydrogen (secondary N) is 1. The Morgan fingerprint density at radius 2 is 2.14 bits per heavy atom. The van der Waals surface area contributed by atoms with Gasteiger partial charge in [0.15, 0.2) is 11.5 Å². The molecule has 5 nitrogen and oxygen atoms in total. The van der Waals surface area contributed by atoms with Gasteiger partial charge in [0.2, 0.25) is 0 Å². The van der Waals surface area contributed by atoms with Crippen molar-refractivity contribution in [3.8, 4) is 0 Å². The van der Waals surface area contributed by atoms with Crippen molar-refractivity contribution in [2.24, 2.45) is 0 Å². The highest BCUT2D eigenvalue weighted by Crippen LogP contribution is 2.23. The van der Waals surface area contributed by atoms with Crippen molar-refractivity contribution in [3.05, 3.63) is 29.8 Å². The van der Waals surface area contributed by atoms with E-state index < -0.39 is 11.7 Å². The SMILES string of the molecule is CN(C)CC1(NC(=O)c2ncccc2F)CCN(C)CC1. The van der Waals surface area contributed by atoms with E-state index in [0.717, 1.165) is 32.5 Å². The van der Waals surface area contributed by atoms with Crippen LogP contribution < -0.4 is 5.32 Å². The fourth-order valence-electron chi connectivity index (χ4n) is 2.83. The molecule has 1 aliphatic rings. The van der Waals surface area contributed by atoms with Crippen molar-refractivity contribution >= 4 is 5.91 Å². The van der Waals surface area contributed by atoms with Gasteiger partial charge in [-0.1, -0.05) is 0 Å². The van der Waals surface area contributed by atoms with Crippen LogP contribution in [0, 0.1) is 5.82 Å². The first-order valence-electron chi connectivity index (χ1n) is 7.18. The van der Waals surface area contributed by atoms with Crippen LogP contribution in [0.4, 0.5) is 4.39 Å². The van der Waals surface area contributed by atoms with Crippen molar-refractivity contribution in [1.82, 2.24) is 20.1 Å². The molecule has 1 N–H and O–H groups in total. The van der Waals surface area contributed by atoms with Gasteiger partial charge in [-0.2, -0.15) is 0 Å². The van der Waals surface area contributed by atoms with Crippen LogP contribution in [0.25, 0.3) is 0 Å². The zero-order valence-electron chi connectivity index (χ0n) is 12.9. The van der Waals surface area contributed by atoms with Crippen LogP contribution in [0.2, 0.25) is 0 Å². The van der Waals surface area contributed by atoms with Crippen LogP contribution in [0.15, 0.2) is 18.3 Å². The average molecular weight is 294 g/mol. The summed E-state index contributed by atoms with van der Waals surface area (Å²) in [5, 5.41) is 3.03. The van der Waals surface area contributed by atoms with Gasteiger partial charge in [0.1, 0.15) is 0 Å². The number of hydrogen-bond acceptors (Lipinski definition) is 4. The quantitative estimate of drug-likeness (QED) is 0.899. The molecule has 1 aromatic rings. The van der Waals surface area contributed by atoms with E-state index in [-0.39, 0.29) is 11.2 Å². The predicted molar refractivity (Wildman–Crippen MR) is 79.7 cm³/mol. The number of rotatable bonds is 4. The lowest BCUT2D eigenvalue weighted by Gasteiger charge is -2.42. The standard InChI is InChI=1S/C15H23FN4O/c1-19(2)11-15(6-9-20(3)10-7-15)18-14(21)13-12(16)5-4-8-17-13/h4-5,8H,6-7,9-11H2,1-3H3,(H,18,21). The van der Waals surface area contributed by atoms with Crippen molar-refractivity contribution in [2.45, 2.75) is 18.4 Å². The molecule has 6 heteroatoms. The minimum Gasteiger partial charge on any atom is -0.344 e. The maximum absolute atomic E-state index is 13.7. The number of carbonyl (C=O) groups excluding carboxylic acids is 1. The van der Waals surface area contributed by atoms with E-state index in [1.54, 1.807) is 0 Å². The maximum atomic E-state index is 13.7. The zero-order valence-corrected chi connectivity index (χ0v) is 12.9. The van der Waals surface area contributed by atoms with Gasteiger partial charge < -0.3 is 15.1 Å². The predicted octanol–water partition coefficient (Wildman–Crippen LogP) is 0.976. The molecule has 0 aliphatic carbocycles. The summed E-state index contributed by atoms with van der Waals surface area (Å²) in [6, 6.07) is 2.74. The number of amides is 1.